The maximum Gasteiger partial charge on any atom is 0.0177 e. The van der Waals surface area contributed by atoms with Gasteiger partial charge in [0.25, 0.3) is 0 Å². The van der Waals surface area contributed by atoms with E-state index in [1.807, 2.05) is 0 Å². The smallest absolute Gasteiger partial charge is 0.0177 e. The highest BCUT2D eigenvalue weighted by molar-refractivity contribution is 5.85. The summed E-state index contributed by atoms with van der Waals surface area (Å²) >= 11 is 0. The molecule has 1 saturated heterocycles. The molecule has 19 heavy (non-hydrogen) atoms. The number of rotatable bonds is 1. The van der Waals surface area contributed by atoms with Crippen LogP contribution in [0.25, 0.3) is 5.57 Å². The quantitative estimate of drug-likeness (QED) is 0.815. The van der Waals surface area contributed by atoms with Gasteiger partial charge in [0.1, 0.15) is 0 Å². The van der Waals surface area contributed by atoms with Crippen molar-refractivity contribution >= 4 is 5.57 Å². The van der Waals surface area contributed by atoms with Gasteiger partial charge < -0.3 is 5.32 Å². The molecule has 1 aliphatic heterocycles. The van der Waals surface area contributed by atoms with E-state index < -0.39 is 0 Å². The van der Waals surface area contributed by atoms with Gasteiger partial charge in [-0.25, -0.2) is 0 Å². The molecule has 2 aliphatic rings. The van der Waals surface area contributed by atoms with Crippen LogP contribution in [0.2, 0.25) is 0 Å². The number of nitrogens with one attached hydrogen (secondary N) is 1. The fraction of sp³-hybridized carbons (Fsp3) is 0.222. The minimum absolute atomic E-state index is 0.685. The molecule has 1 fully saturated rings. The first-order chi connectivity index (χ1) is 9.43. The molecule has 0 aromatic heterocycles. The summed E-state index contributed by atoms with van der Waals surface area (Å²) < 4.78 is 0. The molecule has 1 heterocycles. The van der Waals surface area contributed by atoms with Gasteiger partial charge in [0, 0.05) is 13.1 Å². The van der Waals surface area contributed by atoms with Crippen molar-refractivity contribution in [1.29, 1.82) is 0 Å². The molecule has 1 nitrogen and oxygen atoms in total. The SMILES string of the molecule is c1ccc(C2=C3CNCC3Cc3ccccc32)cc1. The summed E-state index contributed by atoms with van der Waals surface area (Å²) in [5, 5.41) is 3.54. The van der Waals surface area contributed by atoms with E-state index in [0.29, 0.717) is 5.92 Å². The first-order valence-corrected chi connectivity index (χ1v) is 7.01. The Kier molecular flexibility index (Phi) is 2.52. The zero-order chi connectivity index (χ0) is 12.7. The lowest BCUT2D eigenvalue weighted by atomic mass is 9.78. The third kappa shape index (κ3) is 1.73. The molecular weight excluding hydrogens is 230 g/mol. The van der Waals surface area contributed by atoms with Crippen LogP contribution in [0.15, 0.2) is 60.2 Å². The Morgan fingerprint density at radius 1 is 0.895 bits per heavy atom. The van der Waals surface area contributed by atoms with Crippen molar-refractivity contribution in [3.8, 4) is 0 Å². The molecule has 94 valence electrons. The second kappa shape index (κ2) is 4.36. The minimum Gasteiger partial charge on any atom is -0.312 e. The summed E-state index contributed by atoms with van der Waals surface area (Å²) in [5.41, 5.74) is 7.36. The number of benzene rings is 2. The summed E-state index contributed by atoms with van der Waals surface area (Å²) in [7, 11) is 0. The van der Waals surface area contributed by atoms with E-state index in [1.54, 1.807) is 5.57 Å². The Bertz CT molecular complexity index is 640. The Hall–Kier alpha value is -1.86. The van der Waals surface area contributed by atoms with Crippen LogP contribution in [0.1, 0.15) is 16.7 Å². The van der Waals surface area contributed by atoms with Crippen LogP contribution in [0.5, 0.6) is 0 Å². The third-order valence-electron chi connectivity index (χ3n) is 4.34. The summed E-state index contributed by atoms with van der Waals surface area (Å²) in [4.78, 5) is 0. The normalized spacial score (nSPS) is 21.2. The molecule has 0 saturated carbocycles. The van der Waals surface area contributed by atoms with Crippen molar-refractivity contribution in [2.45, 2.75) is 6.42 Å². The van der Waals surface area contributed by atoms with Crippen LogP contribution in [-0.4, -0.2) is 13.1 Å². The van der Waals surface area contributed by atoms with E-state index in [4.69, 9.17) is 0 Å². The molecule has 1 atom stereocenters. The fourth-order valence-electron chi connectivity index (χ4n) is 3.46. The van der Waals surface area contributed by atoms with Gasteiger partial charge in [-0.1, -0.05) is 54.6 Å². The highest BCUT2D eigenvalue weighted by atomic mass is 14.9. The predicted octanol–water partition coefficient (Wildman–Crippen LogP) is 3.26. The summed E-state index contributed by atoms with van der Waals surface area (Å²) in [6.45, 7) is 2.17. The van der Waals surface area contributed by atoms with Crippen LogP contribution in [0.3, 0.4) is 0 Å². The van der Waals surface area contributed by atoms with E-state index in [-0.39, 0.29) is 0 Å². The van der Waals surface area contributed by atoms with Gasteiger partial charge >= 0.3 is 0 Å². The summed E-state index contributed by atoms with van der Waals surface area (Å²) in [5.74, 6) is 0.685. The van der Waals surface area contributed by atoms with Crippen molar-refractivity contribution < 1.29 is 0 Å². The molecular formula is C18H17N. The second-order valence-electron chi connectivity index (χ2n) is 5.46. The van der Waals surface area contributed by atoms with Gasteiger partial charge in [-0.2, -0.15) is 0 Å². The average Bonchev–Trinajstić information content (AvgIpc) is 2.93. The summed E-state index contributed by atoms with van der Waals surface area (Å²) in [6.07, 6.45) is 1.19. The number of fused-ring (bicyclic) bond motifs is 2. The highest BCUT2D eigenvalue weighted by Gasteiger charge is 2.30. The van der Waals surface area contributed by atoms with Gasteiger partial charge in [0.15, 0.2) is 0 Å². The van der Waals surface area contributed by atoms with Crippen molar-refractivity contribution in [1.82, 2.24) is 5.32 Å². The maximum absolute atomic E-state index is 3.54. The van der Waals surface area contributed by atoms with Crippen LogP contribution in [-0.2, 0) is 6.42 Å². The lowest BCUT2D eigenvalue weighted by Crippen LogP contribution is -2.16. The second-order valence-corrected chi connectivity index (χ2v) is 5.46. The van der Waals surface area contributed by atoms with Crippen LogP contribution in [0, 0.1) is 5.92 Å². The Labute approximate surface area is 114 Å². The molecule has 0 amide bonds. The fourth-order valence-corrected chi connectivity index (χ4v) is 3.46. The molecule has 4 rings (SSSR count). The van der Waals surface area contributed by atoms with Crippen molar-refractivity contribution in [3.05, 3.63) is 76.9 Å². The molecule has 2 aromatic carbocycles. The number of hydrogen-bond donors (Lipinski definition) is 1. The lowest BCUT2D eigenvalue weighted by Gasteiger charge is -2.26. The van der Waals surface area contributed by atoms with E-state index in [9.17, 15) is 0 Å². The molecule has 1 unspecified atom stereocenters. The third-order valence-corrected chi connectivity index (χ3v) is 4.34. The molecule has 2 aromatic rings. The van der Waals surface area contributed by atoms with Gasteiger partial charge in [-0.15, -0.1) is 0 Å². The molecule has 0 radical (unpaired) electrons. The Morgan fingerprint density at radius 2 is 1.68 bits per heavy atom. The van der Waals surface area contributed by atoms with E-state index in [1.165, 1.54) is 28.7 Å². The molecule has 1 heteroatoms. The zero-order valence-electron chi connectivity index (χ0n) is 10.9. The molecule has 0 bridgehead atoms. The van der Waals surface area contributed by atoms with E-state index in [2.05, 4.69) is 59.9 Å². The van der Waals surface area contributed by atoms with Crippen LogP contribution >= 0.6 is 0 Å². The van der Waals surface area contributed by atoms with Crippen LogP contribution < -0.4 is 5.32 Å². The first kappa shape index (κ1) is 11.0. The van der Waals surface area contributed by atoms with E-state index >= 15 is 0 Å². The first-order valence-electron chi connectivity index (χ1n) is 7.01. The monoisotopic (exact) mass is 247 g/mol. The maximum atomic E-state index is 3.54. The Morgan fingerprint density at radius 3 is 2.58 bits per heavy atom. The minimum atomic E-state index is 0.685. The molecule has 0 spiro atoms. The van der Waals surface area contributed by atoms with Crippen molar-refractivity contribution in [2.24, 2.45) is 5.92 Å². The summed E-state index contributed by atoms with van der Waals surface area (Å²) in [6, 6.07) is 19.7. The van der Waals surface area contributed by atoms with E-state index in [0.717, 1.165) is 13.1 Å². The van der Waals surface area contributed by atoms with Gasteiger partial charge in [-0.05, 0) is 40.2 Å². The lowest BCUT2D eigenvalue weighted by molar-refractivity contribution is 0.643. The average molecular weight is 247 g/mol. The highest BCUT2D eigenvalue weighted by Crippen LogP contribution is 2.39. The van der Waals surface area contributed by atoms with Crippen molar-refractivity contribution in [2.75, 3.05) is 13.1 Å². The van der Waals surface area contributed by atoms with Gasteiger partial charge in [-0.3, -0.25) is 0 Å². The van der Waals surface area contributed by atoms with Crippen molar-refractivity contribution in [3.63, 3.8) is 0 Å². The standard InChI is InChI=1S/C18H17N/c1-2-6-13(7-3-1)18-16-9-5-4-8-14(16)10-15-11-19-12-17(15)18/h1-9,15,19H,10-12H2. The number of hydrogen-bond acceptors (Lipinski definition) is 1. The largest absolute Gasteiger partial charge is 0.312 e. The Balaban J connectivity index is 1.97. The molecule has 1 aliphatic carbocycles. The predicted molar refractivity (Wildman–Crippen MR) is 79.0 cm³/mol. The topological polar surface area (TPSA) is 12.0 Å². The van der Waals surface area contributed by atoms with Gasteiger partial charge in [0.2, 0.25) is 0 Å². The van der Waals surface area contributed by atoms with Crippen LogP contribution in [0.4, 0.5) is 0 Å². The zero-order valence-corrected chi connectivity index (χ0v) is 10.9. The molecule has 1 N–H and O–H groups in total. The van der Waals surface area contributed by atoms with Gasteiger partial charge in [0.05, 0.1) is 0 Å².